The van der Waals surface area contributed by atoms with Crippen LogP contribution in [0.25, 0.3) is 22.5 Å². The summed E-state index contributed by atoms with van der Waals surface area (Å²) in [5.74, 6) is 5.50. The van der Waals surface area contributed by atoms with Crippen molar-refractivity contribution in [2.45, 2.75) is 18.0 Å². The number of alkyl halides is 3. The third-order valence-electron chi connectivity index (χ3n) is 5.84. The van der Waals surface area contributed by atoms with Crippen LogP contribution in [0.1, 0.15) is 17.1 Å². The van der Waals surface area contributed by atoms with Crippen molar-refractivity contribution in [3.8, 4) is 16.8 Å². The molecule has 1 unspecified atom stereocenters. The highest BCUT2D eigenvalue weighted by Gasteiger charge is 2.35. The van der Waals surface area contributed by atoms with Gasteiger partial charge in [0.25, 0.3) is 0 Å². The Morgan fingerprint density at radius 2 is 1.82 bits per heavy atom. The van der Waals surface area contributed by atoms with Crippen LogP contribution in [-0.2, 0) is 17.2 Å². The Kier molecular flexibility index (Phi) is 8.12. The Balaban J connectivity index is 1.96. The first-order chi connectivity index (χ1) is 18.4. The molecule has 5 N–H and O–H groups in total. The van der Waals surface area contributed by atoms with E-state index in [2.05, 4.69) is 9.71 Å². The molecule has 0 fully saturated rings. The molecule has 13 heteroatoms. The van der Waals surface area contributed by atoms with Crippen molar-refractivity contribution in [1.29, 1.82) is 0 Å². The first-order valence-corrected chi connectivity index (χ1v) is 12.9. The lowest BCUT2D eigenvalue weighted by atomic mass is 10.0. The summed E-state index contributed by atoms with van der Waals surface area (Å²) < 4.78 is 72.1. The van der Waals surface area contributed by atoms with Gasteiger partial charge < -0.3 is 5.73 Å². The fourth-order valence-corrected chi connectivity index (χ4v) is 4.78. The van der Waals surface area contributed by atoms with Crippen molar-refractivity contribution in [2.75, 3.05) is 12.1 Å². The van der Waals surface area contributed by atoms with Crippen LogP contribution in [0.3, 0.4) is 0 Å². The van der Waals surface area contributed by atoms with Crippen molar-refractivity contribution in [1.82, 2.24) is 14.3 Å². The van der Waals surface area contributed by atoms with E-state index in [-0.39, 0.29) is 22.9 Å². The number of benzene rings is 3. The Bertz CT molecular complexity index is 1570. The van der Waals surface area contributed by atoms with Gasteiger partial charge in [-0.25, -0.2) is 24.1 Å². The lowest BCUT2D eigenvalue weighted by molar-refractivity contribution is -0.141. The maximum Gasteiger partial charge on any atom is 0.434 e. The lowest BCUT2D eigenvalue weighted by Crippen LogP contribution is -2.31. The summed E-state index contributed by atoms with van der Waals surface area (Å²) in [5, 5.41) is 1.54. The second kappa shape index (κ2) is 11.2. The second-order valence-electron chi connectivity index (χ2n) is 8.30. The van der Waals surface area contributed by atoms with Gasteiger partial charge in [-0.05, 0) is 61.5 Å². The Morgan fingerprint density at radius 3 is 2.41 bits per heavy atom. The monoisotopic (exact) mass is 578 g/mol. The number of aromatic nitrogens is 2. The predicted molar refractivity (Wildman–Crippen MR) is 144 cm³/mol. The highest BCUT2D eigenvalue weighted by molar-refractivity contribution is 7.83. The Labute approximate surface area is 229 Å². The van der Waals surface area contributed by atoms with Crippen LogP contribution in [0.15, 0.2) is 78.0 Å². The Morgan fingerprint density at radius 1 is 1.13 bits per heavy atom. The number of nitrogens with one attached hydrogen (secondary N) is 1. The largest absolute Gasteiger partial charge is 0.434 e. The number of hydrogen-bond donors (Lipinski definition) is 3. The van der Waals surface area contributed by atoms with Gasteiger partial charge in [-0.1, -0.05) is 35.9 Å². The molecule has 0 amide bonds. The number of imidazole rings is 1. The van der Waals surface area contributed by atoms with Crippen molar-refractivity contribution >= 4 is 34.0 Å². The van der Waals surface area contributed by atoms with E-state index in [9.17, 15) is 17.4 Å². The van der Waals surface area contributed by atoms with Gasteiger partial charge in [0.15, 0.2) is 5.69 Å². The minimum Gasteiger partial charge on any atom is -0.403 e. The average Bonchev–Trinajstić information content (AvgIpc) is 3.30. The van der Waals surface area contributed by atoms with Gasteiger partial charge in [-0.3, -0.25) is 9.58 Å². The SMILES string of the molecule is CNS(=O)c1cccc(-c2cc(F)c(-n3cc(C(F)(F)F)nc3C)c(N(N)/C(=C\N)c3ccc(Cl)cc3)c2)c1. The van der Waals surface area contributed by atoms with Crippen molar-refractivity contribution in [3.63, 3.8) is 0 Å². The first-order valence-electron chi connectivity index (χ1n) is 11.3. The minimum absolute atomic E-state index is 0.00832. The molecule has 4 rings (SSSR count). The zero-order valence-corrected chi connectivity index (χ0v) is 22.2. The van der Waals surface area contributed by atoms with Crippen LogP contribution < -0.4 is 21.3 Å². The highest BCUT2D eigenvalue weighted by Crippen LogP contribution is 2.38. The van der Waals surface area contributed by atoms with E-state index in [1.807, 2.05) is 0 Å². The summed E-state index contributed by atoms with van der Waals surface area (Å²) in [4.78, 5) is 4.01. The fourth-order valence-electron chi connectivity index (χ4n) is 3.98. The number of nitrogens with zero attached hydrogens (tertiary/aromatic N) is 3. The molecular weight excluding hydrogens is 556 g/mol. The van der Waals surface area contributed by atoms with Crippen LogP contribution in [-0.4, -0.2) is 20.8 Å². The van der Waals surface area contributed by atoms with E-state index in [0.717, 1.165) is 15.6 Å². The molecule has 7 nitrogen and oxygen atoms in total. The van der Waals surface area contributed by atoms with Crippen LogP contribution in [0.5, 0.6) is 0 Å². The predicted octanol–water partition coefficient (Wildman–Crippen LogP) is 5.54. The molecule has 3 aromatic carbocycles. The zero-order chi connectivity index (χ0) is 28.5. The van der Waals surface area contributed by atoms with E-state index in [1.165, 1.54) is 26.2 Å². The maximum absolute atomic E-state index is 15.9. The van der Waals surface area contributed by atoms with E-state index < -0.39 is 28.7 Å². The van der Waals surface area contributed by atoms with E-state index in [4.69, 9.17) is 23.2 Å². The summed E-state index contributed by atoms with van der Waals surface area (Å²) in [6.45, 7) is 1.32. The molecular formula is C26H23ClF4N6OS. The lowest BCUT2D eigenvalue weighted by Gasteiger charge is -2.26. The summed E-state index contributed by atoms with van der Waals surface area (Å²) in [7, 11) is 0.0227. The van der Waals surface area contributed by atoms with Gasteiger partial charge in [0.1, 0.15) is 28.3 Å². The van der Waals surface area contributed by atoms with Crippen molar-refractivity contribution in [2.24, 2.45) is 11.6 Å². The number of aryl methyl sites for hydroxylation is 1. The summed E-state index contributed by atoms with van der Waals surface area (Å²) in [6.07, 6.45) is -2.85. The van der Waals surface area contributed by atoms with Crippen LogP contribution >= 0.6 is 11.6 Å². The van der Waals surface area contributed by atoms with Crippen LogP contribution in [0, 0.1) is 12.7 Å². The molecule has 39 heavy (non-hydrogen) atoms. The summed E-state index contributed by atoms with van der Waals surface area (Å²) >= 11 is 6.00. The maximum atomic E-state index is 15.9. The third-order valence-corrected chi connectivity index (χ3v) is 7.15. The molecule has 0 bridgehead atoms. The number of nitrogens with two attached hydrogens (primary N) is 2. The van der Waals surface area contributed by atoms with E-state index in [0.29, 0.717) is 32.8 Å². The van der Waals surface area contributed by atoms with Gasteiger partial charge in [-0.2, -0.15) is 13.2 Å². The number of halogens is 5. The molecule has 0 saturated heterocycles. The summed E-state index contributed by atoms with van der Waals surface area (Å²) in [6, 6.07) is 15.7. The molecule has 1 heterocycles. The molecule has 0 aliphatic heterocycles. The van der Waals surface area contributed by atoms with Gasteiger partial charge in [0.05, 0.1) is 16.3 Å². The van der Waals surface area contributed by atoms with E-state index >= 15 is 4.39 Å². The van der Waals surface area contributed by atoms with Gasteiger partial charge in [0, 0.05) is 23.0 Å². The minimum atomic E-state index is -4.75. The average molecular weight is 579 g/mol. The molecule has 0 aliphatic carbocycles. The molecule has 4 aromatic rings. The van der Waals surface area contributed by atoms with E-state index in [1.54, 1.807) is 48.5 Å². The summed E-state index contributed by atoms with van der Waals surface area (Å²) in [5.41, 5.74) is 6.00. The number of anilines is 1. The standard InChI is InChI=1S/C26H23ClF4N6OS/c1-15-35-24(26(29,30)31)14-36(15)25-21(28)11-18(17-4-3-5-20(10-17)39(38)34-2)12-22(25)37(33)23(13-32)16-6-8-19(27)9-7-16/h3-14,34H,32-33H2,1-2H3/b23-13-. The molecule has 0 spiro atoms. The van der Waals surface area contributed by atoms with Gasteiger partial charge in [-0.15, -0.1) is 0 Å². The molecule has 0 aliphatic rings. The highest BCUT2D eigenvalue weighted by atomic mass is 35.5. The van der Waals surface area contributed by atoms with Gasteiger partial charge in [0.2, 0.25) is 0 Å². The van der Waals surface area contributed by atoms with Crippen LogP contribution in [0.2, 0.25) is 5.02 Å². The fraction of sp³-hybridized carbons (Fsp3) is 0.115. The number of hydrazine groups is 1. The molecule has 0 saturated carbocycles. The number of hydrogen-bond acceptors (Lipinski definition) is 5. The first kappa shape index (κ1) is 28.3. The third kappa shape index (κ3) is 5.83. The topological polar surface area (TPSA) is 102 Å². The molecule has 204 valence electrons. The zero-order valence-electron chi connectivity index (χ0n) is 20.6. The Hall–Kier alpha value is -3.71. The quantitative estimate of drug-likeness (QED) is 0.152. The molecule has 1 atom stereocenters. The number of rotatable bonds is 7. The molecule has 0 radical (unpaired) electrons. The second-order valence-corrected chi connectivity index (χ2v) is 10.1. The normalized spacial score (nSPS) is 13.0. The van der Waals surface area contributed by atoms with Crippen LogP contribution in [0.4, 0.5) is 23.2 Å². The van der Waals surface area contributed by atoms with Crippen molar-refractivity contribution in [3.05, 3.63) is 101 Å². The molecule has 1 aromatic heterocycles. The van der Waals surface area contributed by atoms with Crippen molar-refractivity contribution < 1.29 is 21.8 Å². The van der Waals surface area contributed by atoms with Gasteiger partial charge >= 0.3 is 6.18 Å². The smallest absolute Gasteiger partial charge is 0.403 e.